The van der Waals surface area contributed by atoms with Gasteiger partial charge in [0.25, 0.3) is 0 Å². The van der Waals surface area contributed by atoms with Gasteiger partial charge in [0.05, 0.1) is 0 Å². The van der Waals surface area contributed by atoms with E-state index in [0.29, 0.717) is 6.42 Å². The molecule has 0 amide bonds. The van der Waals surface area contributed by atoms with E-state index >= 15 is 0 Å². The van der Waals surface area contributed by atoms with Crippen LogP contribution in [-0.4, -0.2) is 11.1 Å². The van der Waals surface area contributed by atoms with Gasteiger partial charge in [-0.15, -0.1) is 6.42 Å². The van der Waals surface area contributed by atoms with E-state index in [0.717, 1.165) is 12.0 Å². The number of carboxylic acid groups (broad SMARTS) is 1. The summed E-state index contributed by atoms with van der Waals surface area (Å²) in [5.41, 5.74) is 1.03. The van der Waals surface area contributed by atoms with Crippen LogP contribution in [0.4, 0.5) is 0 Å². The van der Waals surface area contributed by atoms with Crippen LogP contribution in [0.1, 0.15) is 19.3 Å². The first-order valence-corrected chi connectivity index (χ1v) is 3.27. The molecule has 1 aliphatic carbocycles. The van der Waals surface area contributed by atoms with Crippen molar-refractivity contribution in [2.75, 3.05) is 0 Å². The Morgan fingerprint density at radius 3 is 2.91 bits per heavy atom. The van der Waals surface area contributed by atoms with Crippen molar-refractivity contribution in [3.8, 4) is 0 Å². The van der Waals surface area contributed by atoms with E-state index in [9.17, 15) is 4.79 Å². The summed E-state index contributed by atoms with van der Waals surface area (Å²) < 4.78 is 0. The minimum Gasteiger partial charge on any atom is -0.481 e. The molecule has 0 aromatic rings. The summed E-state index contributed by atoms with van der Waals surface area (Å²) >= 11 is 0. The minimum atomic E-state index is -0.741. The molecule has 1 N–H and O–H groups in total. The second-order valence-corrected chi connectivity index (χ2v) is 2.20. The minimum absolute atomic E-state index is 0. The van der Waals surface area contributed by atoms with Crippen molar-refractivity contribution < 1.29 is 27.0 Å². The van der Waals surface area contributed by atoms with Gasteiger partial charge in [-0.2, -0.15) is 6.08 Å². The molecular weight excluding hydrogens is 184 g/mol. The average molecular weight is 193 g/mol. The first kappa shape index (κ1) is 10.5. The number of hydrogen-bond acceptors (Lipinski definition) is 1. The Bertz CT molecular complexity index is 194. The van der Waals surface area contributed by atoms with Crippen LogP contribution in [0.15, 0.2) is 17.7 Å². The van der Waals surface area contributed by atoms with Gasteiger partial charge in [0.15, 0.2) is 0 Å². The largest absolute Gasteiger partial charge is 0.481 e. The van der Waals surface area contributed by atoms with Gasteiger partial charge in [-0.3, -0.25) is 10.9 Å². The monoisotopic (exact) mass is 193 g/mol. The zero-order chi connectivity index (χ0) is 7.40. The molecule has 0 radical (unpaired) electrons. The van der Waals surface area contributed by atoms with Crippen LogP contribution in [0.2, 0.25) is 0 Å². The Kier molecular flexibility index (Phi) is 4.91. The van der Waals surface area contributed by atoms with Crippen LogP contribution in [0.5, 0.6) is 0 Å². The predicted octanol–water partition coefficient (Wildman–Crippen LogP) is 1.54. The van der Waals surface area contributed by atoms with Crippen molar-refractivity contribution in [2.45, 2.75) is 19.3 Å². The second kappa shape index (κ2) is 5.16. The first-order valence-electron chi connectivity index (χ1n) is 3.27. The summed E-state index contributed by atoms with van der Waals surface area (Å²) in [4.78, 5) is 10.1. The van der Waals surface area contributed by atoms with E-state index in [2.05, 4.69) is 6.08 Å². The summed E-state index contributed by atoms with van der Waals surface area (Å²) in [7, 11) is 0. The summed E-state index contributed by atoms with van der Waals surface area (Å²) in [6, 6.07) is 0. The zero-order valence-corrected chi connectivity index (χ0v) is 7.09. The third-order valence-electron chi connectivity index (χ3n) is 1.37. The molecule has 0 bridgehead atoms. The van der Waals surface area contributed by atoms with E-state index < -0.39 is 5.97 Å². The van der Waals surface area contributed by atoms with Gasteiger partial charge in [-0.25, -0.2) is 11.6 Å². The van der Waals surface area contributed by atoms with Crippen LogP contribution >= 0.6 is 0 Å². The van der Waals surface area contributed by atoms with Gasteiger partial charge >= 0.3 is 5.97 Å². The third kappa shape index (κ3) is 4.02. The molecule has 0 spiro atoms. The standard InChI is InChI=1S/C8H9O2.Fe/c9-8(10)6-5-7-3-1-2-4-7;/h1,3H,2,5-6H2,(H,9,10);/q-1;. The Hall–Kier alpha value is -0.531. The number of rotatable bonds is 3. The Morgan fingerprint density at radius 2 is 2.45 bits per heavy atom. The van der Waals surface area contributed by atoms with Crippen LogP contribution in [0, 0.1) is 6.08 Å². The second-order valence-electron chi connectivity index (χ2n) is 2.20. The van der Waals surface area contributed by atoms with E-state index in [1.54, 1.807) is 0 Å². The fourth-order valence-corrected chi connectivity index (χ4v) is 0.863. The Labute approximate surface area is 76.5 Å². The van der Waals surface area contributed by atoms with Gasteiger partial charge < -0.3 is 5.11 Å². The normalized spacial score (nSPS) is 14.0. The maximum atomic E-state index is 10.1. The molecule has 1 aliphatic rings. The number of hydrogen-bond donors (Lipinski definition) is 1. The van der Waals surface area contributed by atoms with Gasteiger partial charge in [-0.05, 0) is 0 Å². The molecule has 0 saturated heterocycles. The topological polar surface area (TPSA) is 37.3 Å². The van der Waals surface area contributed by atoms with Crippen LogP contribution in [0.25, 0.3) is 0 Å². The van der Waals surface area contributed by atoms with E-state index in [4.69, 9.17) is 5.11 Å². The molecule has 0 fully saturated rings. The fourth-order valence-electron chi connectivity index (χ4n) is 0.863. The van der Waals surface area contributed by atoms with Crippen LogP contribution < -0.4 is 0 Å². The van der Waals surface area contributed by atoms with Crippen molar-refractivity contribution >= 4 is 5.97 Å². The van der Waals surface area contributed by atoms with E-state index in [-0.39, 0.29) is 23.5 Å². The fraction of sp³-hybridized carbons (Fsp3) is 0.375. The van der Waals surface area contributed by atoms with E-state index in [1.165, 1.54) is 0 Å². The van der Waals surface area contributed by atoms with Gasteiger partial charge in [0.1, 0.15) is 0 Å². The molecule has 3 heteroatoms. The maximum Gasteiger partial charge on any atom is 0.303 e. The number of carbonyl (C=O) groups is 1. The third-order valence-corrected chi connectivity index (χ3v) is 1.37. The molecule has 11 heavy (non-hydrogen) atoms. The SMILES string of the molecule is O=C(O)CCC1=[C-]CC=C1.[Fe]. The molecule has 0 aliphatic heterocycles. The van der Waals surface area contributed by atoms with Crippen LogP contribution in [-0.2, 0) is 21.9 Å². The smallest absolute Gasteiger partial charge is 0.303 e. The summed E-state index contributed by atoms with van der Waals surface area (Å²) in [6.45, 7) is 0. The Morgan fingerprint density at radius 1 is 1.73 bits per heavy atom. The first-order chi connectivity index (χ1) is 4.79. The Balaban J connectivity index is 0.000001000. The predicted molar refractivity (Wildman–Crippen MR) is 37.4 cm³/mol. The molecule has 1 rings (SSSR count). The maximum absolute atomic E-state index is 10.1. The van der Waals surface area contributed by atoms with Crippen LogP contribution in [0.3, 0.4) is 0 Å². The average Bonchev–Trinajstić information content (AvgIpc) is 2.34. The van der Waals surface area contributed by atoms with Crippen molar-refractivity contribution in [3.05, 3.63) is 23.8 Å². The van der Waals surface area contributed by atoms with Gasteiger partial charge in [-0.1, -0.05) is 6.42 Å². The molecule has 0 saturated carbocycles. The molecule has 0 heterocycles. The molecule has 0 atom stereocenters. The molecule has 62 valence electrons. The zero-order valence-electron chi connectivity index (χ0n) is 5.99. The summed E-state index contributed by atoms with van der Waals surface area (Å²) in [5.74, 6) is -0.741. The van der Waals surface area contributed by atoms with Gasteiger partial charge in [0.2, 0.25) is 0 Å². The summed E-state index contributed by atoms with van der Waals surface area (Å²) in [6.07, 6.45) is 8.65. The van der Waals surface area contributed by atoms with Crippen molar-refractivity contribution in [1.82, 2.24) is 0 Å². The molecule has 0 unspecified atom stereocenters. The number of aliphatic carboxylic acids is 1. The van der Waals surface area contributed by atoms with Crippen molar-refractivity contribution in [1.29, 1.82) is 0 Å². The van der Waals surface area contributed by atoms with Crippen molar-refractivity contribution in [2.24, 2.45) is 0 Å². The quantitative estimate of drug-likeness (QED) is 0.545. The van der Waals surface area contributed by atoms with Crippen molar-refractivity contribution in [3.63, 3.8) is 0 Å². The molecule has 2 nitrogen and oxygen atoms in total. The molecule has 0 aromatic heterocycles. The number of allylic oxidation sites excluding steroid dienone is 4. The summed E-state index contributed by atoms with van der Waals surface area (Å²) in [5, 5.41) is 8.31. The number of carboxylic acids is 1. The molecule has 0 aromatic carbocycles. The molecular formula is C8H9FeO2-. The van der Waals surface area contributed by atoms with E-state index in [1.807, 2.05) is 12.2 Å². The van der Waals surface area contributed by atoms with Gasteiger partial charge in [0, 0.05) is 23.5 Å².